The van der Waals surface area contributed by atoms with Crippen LogP contribution in [0.4, 0.5) is 0 Å². The topological polar surface area (TPSA) is 214 Å². The second kappa shape index (κ2) is 11.2. The molecule has 0 rings (SSSR count). The van der Waals surface area contributed by atoms with Gasteiger partial charge in [0.05, 0.1) is 25.4 Å². The van der Waals surface area contributed by atoms with Gasteiger partial charge in [-0.3, -0.25) is 0 Å². The molecule has 0 bridgehead atoms. The smallest absolute Gasteiger partial charge is 0.111 e. The zero-order valence-corrected chi connectivity index (χ0v) is 12.4. The van der Waals surface area contributed by atoms with Gasteiger partial charge in [-0.05, 0) is 0 Å². The zero-order valence-electron chi connectivity index (χ0n) is 12.4. The average Bonchev–Trinajstić information content (AvgIpc) is 2.56. The van der Waals surface area contributed by atoms with Crippen molar-refractivity contribution in [1.29, 1.82) is 0 Å². The highest BCUT2D eigenvalue weighted by atomic mass is 16.4. The standard InChI is InChI=1S/C12H27NO10/c14-3-7(18)11(22)9(20)5(16)1-13-2-6(17)10(21)12(23)8(19)4-15/h5-23H,1-4H2/t5-,6-,7-,8+,9-,10+,11-,12+/m0/s1. The molecule has 0 amide bonds. The number of nitrogens with one attached hydrogen (secondary N) is 1. The highest BCUT2D eigenvalue weighted by Crippen LogP contribution is 2.06. The molecule has 0 aliphatic rings. The fourth-order valence-corrected chi connectivity index (χ4v) is 1.75. The summed E-state index contributed by atoms with van der Waals surface area (Å²) in [6, 6.07) is 0. The van der Waals surface area contributed by atoms with Crippen molar-refractivity contribution in [1.82, 2.24) is 5.32 Å². The monoisotopic (exact) mass is 345 g/mol. The van der Waals surface area contributed by atoms with Gasteiger partial charge < -0.3 is 56.4 Å². The summed E-state index contributed by atoms with van der Waals surface area (Å²) in [6.07, 6.45) is -13.5. The van der Waals surface area contributed by atoms with Crippen LogP contribution in [0.5, 0.6) is 0 Å². The molecule has 0 saturated carbocycles. The van der Waals surface area contributed by atoms with E-state index in [0.29, 0.717) is 0 Å². The number of aliphatic hydroxyl groups excluding tert-OH is 10. The lowest BCUT2D eigenvalue weighted by atomic mass is 10.0. The predicted octanol–water partition coefficient (Wildman–Crippen LogP) is -6.55. The molecule has 11 heteroatoms. The zero-order chi connectivity index (χ0) is 18.2. The Kier molecular flexibility index (Phi) is 11.0. The summed E-state index contributed by atoms with van der Waals surface area (Å²) in [5, 5.41) is 95.0. The normalized spacial score (nSPS) is 22.7. The van der Waals surface area contributed by atoms with Crippen LogP contribution in [0.1, 0.15) is 0 Å². The molecule has 0 aliphatic carbocycles. The van der Waals surface area contributed by atoms with E-state index in [4.69, 9.17) is 20.4 Å². The van der Waals surface area contributed by atoms with Gasteiger partial charge in [0, 0.05) is 13.1 Å². The molecule has 0 aliphatic heterocycles. The molecule has 0 saturated heterocycles. The van der Waals surface area contributed by atoms with E-state index in [-0.39, 0.29) is 13.1 Å². The Morgan fingerprint density at radius 1 is 0.478 bits per heavy atom. The van der Waals surface area contributed by atoms with Crippen molar-refractivity contribution in [3.05, 3.63) is 0 Å². The van der Waals surface area contributed by atoms with E-state index in [9.17, 15) is 30.6 Å². The Morgan fingerprint density at radius 3 is 1.00 bits per heavy atom. The Balaban J connectivity index is 4.22. The van der Waals surface area contributed by atoms with Gasteiger partial charge >= 0.3 is 0 Å². The largest absolute Gasteiger partial charge is 0.394 e. The van der Waals surface area contributed by atoms with Gasteiger partial charge in [-0.25, -0.2) is 0 Å². The second-order valence-electron chi connectivity index (χ2n) is 5.26. The fourth-order valence-electron chi connectivity index (χ4n) is 1.75. The van der Waals surface area contributed by atoms with Crippen molar-refractivity contribution in [2.45, 2.75) is 48.8 Å². The van der Waals surface area contributed by atoms with Gasteiger partial charge in [0.2, 0.25) is 0 Å². The van der Waals surface area contributed by atoms with E-state index in [1.165, 1.54) is 0 Å². The van der Waals surface area contributed by atoms with Gasteiger partial charge in [0.1, 0.15) is 36.6 Å². The first-order valence-corrected chi connectivity index (χ1v) is 7.04. The third-order valence-electron chi connectivity index (χ3n) is 3.36. The first-order valence-electron chi connectivity index (χ1n) is 7.04. The molecule has 0 unspecified atom stereocenters. The summed E-state index contributed by atoms with van der Waals surface area (Å²) >= 11 is 0. The molecule has 0 heterocycles. The van der Waals surface area contributed by atoms with E-state index >= 15 is 0 Å². The maximum Gasteiger partial charge on any atom is 0.111 e. The third kappa shape index (κ3) is 7.32. The summed E-state index contributed by atoms with van der Waals surface area (Å²) in [5.41, 5.74) is 0. The quantitative estimate of drug-likeness (QED) is 0.160. The van der Waals surface area contributed by atoms with Crippen molar-refractivity contribution >= 4 is 0 Å². The summed E-state index contributed by atoms with van der Waals surface area (Å²) in [4.78, 5) is 0. The molecular weight excluding hydrogens is 318 g/mol. The van der Waals surface area contributed by atoms with E-state index in [2.05, 4.69) is 5.32 Å². The molecule has 0 spiro atoms. The van der Waals surface area contributed by atoms with Crippen molar-refractivity contribution < 1.29 is 51.1 Å². The van der Waals surface area contributed by atoms with Crippen LogP contribution in [0.3, 0.4) is 0 Å². The Bertz CT molecular complexity index is 282. The second-order valence-corrected chi connectivity index (χ2v) is 5.26. The third-order valence-corrected chi connectivity index (χ3v) is 3.36. The van der Waals surface area contributed by atoms with Crippen molar-refractivity contribution in [3.8, 4) is 0 Å². The number of hydrogen-bond acceptors (Lipinski definition) is 11. The van der Waals surface area contributed by atoms with E-state index < -0.39 is 62.0 Å². The van der Waals surface area contributed by atoms with Gasteiger partial charge in [0.15, 0.2) is 0 Å². The lowest BCUT2D eigenvalue weighted by Gasteiger charge is -2.28. The molecule has 0 fully saturated rings. The van der Waals surface area contributed by atoms with Gasteiger partial charge in [-0.2, -0.15) is 0 Å². The van der Waals surface area contributed by atoms with Crippen LogP contribution >= 0.6 is 0 Å². The minimum absolute atomic E-state index is 0.348. The molecule has 140 valence electrons. The molecule has 8 atom stereocenters. The Labute approximate surface area is 132 Å². The molecule has 11 N–H and O–H groups in total. The molecule has 0 aromatic rings. The molecule has 23 heavy (non-hydrogen) atoms. The minimum Gasteiger partial charge on any atom is -0.394 e. The number of hydrogen-bond donors (Lipinski definition) is 11. The van der Waals surface area contributed by atoms with Gasteiger partial charge in [0.25, 0.3) is 0 Å². The summed E-state index contributed by atoms with van der Waals surface area (Å²) in [6.45, 7) is -2.32. The predicted molar refractivity (Wildman–Crippen MR) is 75.1 cm³/mol. The van der Waals surface area contributed by atoms with Crippen LogP contribution in [0.15, 0.2) is 0 Å². The molecule has 0 aromatic carbocycles. The Hall–Kier alpha value is -0.440. The van der Waals surface area contributed by atoms with E-state index in [1.54, 1.807) is 0 Å². The summed E-state index contributed by atoms with van der Waals surface area (Å²) in [5.74, 6) is 0. The van der Waals surface area contributed by atoms with E-state index in [0.717, 1.165) is 0 Å². The van der Waals surface area contributed by atoms with Crippen molar-refractivity contribution in [2.24, 2.45) is 0 Å². The summed E-state index contributed by atoms with van der Waals surface area (Å²) < 4.78 is 0. The highest BCUT2D eigenvalue weighted by Gasteiger charge is 2.31. The fraction of sp³-hybridized carbons (Fsp3) is 1.00. The maximum absolute atomic E-state index is 9.59. The van der Waals surface area contributed by atoms with E-state index in [1.807, 2.05) is 0 Å². The maximum atomic E-state index is 9.59. The summed E-state index contributed by atoms with van der Waals surface area (Å²) in [7, 11) is 0. The van der Waals surface area contributed by atoms with Crippen LogP contribution in [-0.2, 0) is 0 Å². The van der Waals surface area contributed by atoms with Crippen molar-refractivity contribution in [3.63, 3.8) is 0 Å². The van der Waals surface area contributed by atoms with Gasteiger partial charge in [-0.15, -0.1) is 0 Å². The molecular formula is C12H27NO10. The Morgan fingerprint density at radius 2 is 0.739 bits per heavy atom. The van der Waals surface area contributed by atoms with Crippen LogP contribution in [0.25, 0.3) is 0 Å². The van der Waals surface area contributed by atoms with Crippen LogP contribution < -0.4 is 5.32 Å². The average molecular weight is 345 g/mol. The minimum atomic E-state index is -1.78. The lowest BCUT2D eigenvalue weighted by molar-refractivity contribution is -0.119. The lowest BCUT2D eigenvalue weighted by Crippen LogP contribution is -2.52. The molecule has 11 nitrogen and oxygen atoms in total. The van der Waals surface area contributed by atoms with Crippen LogP contribution in [0.2, 0.25) is 0 Å². The van der Waals surface area contributed by atoms with Crippen molar-refractivity contribution in [2.75, 3.05) is 26.3 Å². The number of rotatable bonds is 12. The SMILES string of the molecule is OC[C@@H](O)[C@@H](O)[C@H](O)[C@@H](O)CNC[C@H](O)[C@H](O)[C@@H](O)[C@@H](O)CO. The first kappa shape index (κ1) is 22.6. The molecule has 0 radical (unpaired) electrons. The highest BCUT2D eigenvalue weighted by molar-refractivity contribution is 4.84. The molecule has 0 aromatic heterocycles. The number of aliphatic hydroxyl groups is 10. The van der Waals surface area contributed by atoms with Crippen LogP contribution in [-0.4, -0.2) is 126 Å². The first-order chi connectivity index (χ1) is 10.7. The van der Waals surface area contributed by atoms with Gasteiger partial charge in [-0.1, -0.05) is 0 Å². The van der Waals surface area contributed by atoms with Crippen LogP contribution in [0, 0.1) is 0 Å².